The van der Waals surface area contributed by atoms with Crippen LogP contribution < -0.4 is 10.1 Å². The van der Waals surface area contributed by atoms with Crippen molar-refractivity contribution in [1.82, 2.24) is 5.32 Å². The van der Waals surface area contributed by atoms with Crippen LogP contribution in [-0.4, -0.2) is 20.2 Å². The van der Waals surface area contributed by atoms with Crippen LogP contribution in [0.25, 0.3) is 0 Å². The molecule has 2 rings (SSSR count). The molecule has 1 aliphatic heterocycles. The van der Waals surface area contributed by atoms with Crippen LogP contribution in [0.1, 0.15) is 23.5 Å². The van der Waals surface area contributed by atoms with Gasteiger partial charge in [0.25, 0.3) is 0 Å². The van der Waals surface area contributed by atoms with E-state index in [4.69, 9.17) is 4.74 Å². The molecule has 0 saturated carbocycles. The topological polar surface area (TPSA) is 21.3 Å². The predicted octanol–water partition coefficient (Wildman–Crippen LogP) is 2.08. The number of hydrogen-bond donors (Lipinski definition) is 1. The van der Waals surface area contributed by atoms with Gasteiger partial charge in [0.05, 0.1) is 7.11 Å². The molecule has 1 aromatic carbocycles. The van der Waals surface area contributed by atoms with Gasteiger partial charge in [0.15, 0.2) is 0 Å². The molecular weight excluding hydrogens is 174 g/mol. The number of hydrogen-bond acceptors (Lipinski definition) is 2. The zero-order chi connectivity index (χ0) is 9.97. The summed E-state index contributed by atoms with van der Waals surface area (Å²) in [5.41, 5.74) is 2.73. The van der Waals surface area contributed by atoms with E-state index >= 15 is 0 Å². The monoisotopic (exact) mass is 191 g/mol. The first kappa shape index (κ1) is 9.53. The summed E-state index contributed by atoms with van der Waals surface area (Å²) in [6, 6.07) is 6.27. The third kappa shape index (κ3) is 1.62. The molecule has 1 aliphatic rings. The number of aryl methyl sites for hydroxylation is 1. The fourth-order valence-electron chi connectivity index (χ4n) is 2.26. The fourth-order valence-corrected chi connectivity index (χ4v) is 2.26. The number of rotatable bonds is 2. The van der Waals surface area contributed by atoms with E-state index in [9.17, 15) is 0 Å². The molecule has 1 N–H and O–H groups in total. The molecule has 14 heavy (non-hydrogen) atoms. The largest absolute Gasteiger partial charge is 0.496 e. The number of methoxy groups -OCH3 is 1. The maximum absolute atomic E-state index is 5.41. The van der Waals surface area contributed by atoms with Gasteiger partial charge in [-0.1, -0.05) is 12.1 Å². The molecule has 1 unspecified atom stereocenters. The average molecular weight is 191 g/mol. The van der Waals surface area contributed by atoms with Gasteiger partial charge in [-0.2, -0.15) is 0 Å². The van der Waals surface area contributed by atoms with Crippen LogP contribution in [0.4, 0.5) is 0 Å². The molecule has 1 atom stereocenters. The Morgan fingerprint density at radius 3 is 2.93 bits per heavy atom. The summed E-state index contributed by atoms with van der Waals surface area (Å²) >= 11 is 0. The SMILES string of the molecule is COc1cccc(C)c1C1CCNC1. The number of nitrogens with one attached hydrogen (secondary N) is 1. The maximum atomic E-state index is 5.41. The highest BCUT2D eigenvalue weighted by atomic mass is 16.5. The van der Waals surface area contributed by atoms with Gasteiger partial charge >= 0.3 is 0 Å². The van der Waals surface area contributed by atoms with Crippen LogP contribution in [0, 0.1) is 6.92 Å². The molecule has 0 bridgehead atoms. The van der Waals surface area contributed by atoms with E-state index in [0.717, 1.165) is 18.8 Å². The molecule has 1 fully saturated rings. The summed E-state index contributed by atoms with van der Waals surface area (Å²) in [5, 5.41) is 3.39. The molecule has 0 aliphatic carbocycles. The second kappa shape index (κ2) is 4.01. The van der Waals surface area contributed by atoms with Gasteiger partial charge in [-0.3, -0.25) is 0 Å². The van der Waals surface area contributed by atoms with E-state index in [-0.39, 0.29) is 0 Å². The number of ether oxygens (including phenoxy) is 1. The van der Waals surface area contributed by atoms with E-state index < -0.39 is 0 Å². The quantitative estimate of drug-likeness (QED) is 0.772. The van der Waals surface area contributed by atoms with Crippen molar-refractivity contribution in [2.75, 3.05) is 20.2 Å². The van der Waals surface area contributed by atoms with Crippen LogP contribution in [0.15, 0.2) is 18.2 Å². The van der Waals surface area contributed by atoms with E-state index in [0.29, 0.717) is 5.92 Å². The lowest BCUT2D eigenvalue weighted by Crippen LogP contribution is -2.09. The molecule has 1 aromatic rings. The second-order valence-electron chi connectivity index (χ2n) is 3.88. The molecular formula is C12H17NO. The normalized spacial score (nSPS) is 21.1. The minimum atomic E-state index is 0.631. The van der Waals surface area contributed by atoms with Crippen LogP contribution in [0.3, 0.4) is 0 Å². The molecule has 2 heteroatoms. The standard InChI is InChI=1S/C12H17NO/c1-9-4-3-5-11(14-2)12(9)10-6-7-13-8-10/h3-5,10,13H,6-8H2,1-2H3. The Hall–Kier alpha value is -1.02. The first-order valence-electron chi connectivity index (χ1n) is 5.17. The van der Waals surface area contributed by atoms with Crippen molar-refractivity contribution < 1.29 is 4.74 Å². The third-order valence-corrected chi connectivity index (χ3v) is 2.97. The van der Waals surface area contributed by atoms with E-state index in [1.807, 2.05) is 0 Å². The van der Waals surface area contributed by atoms with E-state index in [1.165, 1.54) is 17.5 Å². The lowest BCUT2D eigenvalue weighted by molar-refractivity contribution is 0.406. The highest BCUT2D eigenvalue weighted by molar-refractivity contribution is 5.42. The molecule has 1 heterocycles. The van der Waals surface area contributed by atoms with Crippen molar-refractivity contribution in [1.29, 1.82) is 0 Å². The van der Waals surface area contributed by atoms with Crippen LogP contribution >= 0.6 is 0 Å². The summed E-state index contributed by atoms with van der Waals surface area (Å²) in [4.78, 5) is 0. The Morgan fingerprint density at radius 1 is 1.43 bits per heavy atom. The van der Waals surface area contributed by atoms with Crippen molar-refractivity contribution in [3.63, 3.8) is 0 Å². The van der Waals surface area contributed by atoms with Crippen LogP contribution in [0.2, 0.25) is 0 Å². The van der Waals surface area contributed by atoms with Gasteiger partial charge in [0.2, 0.25) is 0 Å². The first-order chi connectivity index (χ1) is 6.83. The minimum Gasteiger partial charge on any atom is -0.496 e. The number of benzene rings is 1. The average Bonchev–Trinajstić information content (AvgIpc) is 2.70. The van der Waals surface area contributed by atoms with Gasteiger partial charge in [-0.15, -0.1) is 0 Å². The minimum absolute atomic E-state index is 0.631. The van der Waals surface area contributed by atoms with Crippen molar-refractivity contribution in [3.05, 3.63) is 29.3 Å². The van der Waals surface area contributed by atoms with Crippen LogP contribution in [0.5, 0.6) is 5.75 Å². The Bertz CT molecular complexity index is 316. The molecule has 1 saturated heterocycles. The van der Waals surface area contributed by atoms with Crippen molar-refractivity contribution in [2.45, 2.75) is 19.3 Å². The zero-order valence-corrected chi connectivity index (χ0v) is 8.84. The molecule has 0 amide bonds. The summed E-state index contributed by atoms with van der Waals surface area (Å²) in [6.45, 7) is 4.37. The van der Waals surface area contributed by atoms with Gasteiger partial charge in [0, 0.05) is 18.0 Å². The summed E-state index contributed by atoms with van der Waals surface area (Å²) in [7, 11) is 1.75. The van der Waals surface area contributed by atoms with Crippen molar-refractivity contribution in [2.24, 2.45) is 0 Å². The second-order valence-corrected chi connectivity index (χ2v) is 3.88. The van der Waals surface area contributed by atoms with Gasteiger partial charge in [-0.05, 0) is 31.5 Å². The molecule has 0 radical (unpaired) electrons. The Balaban J connectivity index is 2.37. The molecule has 0 aromatic heterocycles. The van der Waals surface area contributed by atoms with Gasteiger partial charge < -0.3 is 10.1 Å². The van der Waals surface area contributed by atoms with Crippen LogP contribution in [-0.2, 0) is 0 Å². The van der Waals surface area contributed by atoms with E-state index in [2.05, 4.69) is 30.4 Å². The molecule has 0 spiro atoms. The van der Waals surface area contributed by atoms with E-state index in [1.54, 1.807) is 7.11 Å². The smallest absolute Gasteiger partial charge is 0.122 e. The highest BCUT2D eigenvalue weighted by Crippen LogP contribution is 2.33. The Kier molecular flexibility index (Phi) is 2.73. The molecule has 2 nitrogen and oxygen atoms in total. The van der Waals surface area contributed by atoms with Crippen molar-refractivity contribution >= 4 is 0 Å². The first-order valence-corrected chi connectivity index (χ1v) is 5.17. The zero-order valence-electron chi connectivity index (χ0n) is 8.84. The van der Waals surface area contributed by atoms with Crippen molar-refractivity contribution in [3.8, 4) is 5.75 Å². The molecule has 76 valence electrons. The third-order valence-electron chi connectivity index (χ3n) is 2.97. The lowest BCUT2D eigenvalue weighted by Gasteiger charge is -2.16. The lowest BCUT2D eigenvalue weighted by atomic mass is 9.93. The maximum Gasteiger partial charge on any atom is 0.122 e. The Morgan fingerprint density at radius 2 is 2.29 bits per heavy atom. The van der Waals surface area contributed by atoms with Gasteiger partial charge in [0.1, 0.15) is 5.75 Å². The predicted molar refractivity (Wildman–Crippen MR) is 58.0 cm³/mol. The highest BCUT2D eigenvalue weighted by Gasteiger charge is 2.21. The van der Waals surface area contributed by atoms with Gasteiger partial charge in [-0.25, -0.2) is 0 Å². The summed E-state index contributed by atoms with van der Waals surface area (Å²) in [6.07, 6.45) is 1.22. The summed E-state index contributed by atoms with van der Waals surface area (Å²) < 4.78 is 5.41. The summed E-state index contributed by atoms with van der Waals surface area (Å²) in [5.74, 6) is 1.67. The fraction of sp³-hybridized carbons (Fsp3) is 0.500. The Labute approximate surface area is 85.3 Å².